The second-order valence-electron chi connectivity index (χ2n) is 8.30. The fourth-order valence-corrected chi connectivity index (χ4v) is 3.15. The Balaban J connectivity index is 5.83. The van der Waals surface area contributed by atoms with Gasteiger partial charge in [0.25, 0.3) is 10.1 Å². The van der Waals surface area contributed by atoms with Gasteiger partial charge in [-0.15, -0.1) is 0 Å². The van der Waals surface area contributed by atoms with Gasteiger partial charge < -0.3 is 9.47 Å². The van der Waals surface area contributed by atoms with Gasteiger partial charge in [-0.25, -0.2) is 0 Å². The monoisotopic (exact) mass is 682 g/mol. The van der Waals surface area contributed by atoms with Crippen molar-refractivity contribution in [2.24, 2.45) is 0 Å². The van der Waals surface area contributed by atoms with Crippen molar-refractivity contribution in [3.05, 3.63) is 0 Å². The molecule has 250 valence electrons. The maximum Gasteiger partial charge on any atom is 0.381 e. The summed E-state index contributed by atoms with van der Waals surface area (Å²) in [5, 5.41) is -3.67. The van der Waals surface area contributed by atoms with E-state index in [0.717, 1.165) is 0 Å². The molecule has 1 N–H and O–H groups in total. The number of hydrogen-bond donors (Lipinski definition) is 1. The van der Waals surface area contributed by atoms with Gasteiger partial charge >= 0.3 is 59.3 Å². The van der Waals surface area contributed by atoms with E-state index >= 15 is 0 Å². The zero-order valence-electron chi connectivity index (χ0n) is 20.5. The van der Waals surface area contributed by atoms with Gasteiger partial charge in [-0.05, 0) is 0 Å². The summed E-state index contributed by atoms with van der Waals surface area (Å²) in [6, 6.07) is 0. The standard InChI is InChI=1S/C18H18F16O7S/c1-3-11(19,20)15(27,28)17(31,32)13(23,24)6-40-9(35)5-8(42(37,38)39)10(36)41-7-14(25,26)18(33,34)16(29,30)12(21,22)4-2/h8H,3-7H2,1-2H3,(H,37,38,39). The van der Waals surface area contributed by atoms with Gasteiger partial charge in [0.15, 0.2) is 18.5 Å². The van der Waals surface area contributed by atoms with Crippen molar-refractivity contribution in [1.82, 2.24) is 0 Å². The van der Waals surface area contributed by atoms with E-state index in [0.29, 0.717) is 0 Å². The van der Waals surface area contributed by atoms with Crippen molar-refractivity contribution < 1.29 is 102 Å². The lowest BCUT2D eigenvalue weighted by molar-refractivity contribution is -0.370. The van der Waals surface area contributed by atoms with E-state index in [1.54, 1.807) is 0 Å². The van der Waals surface area contributed by atoms with Crippen LogP contribution in [-0.2, 0) is 29.2 Å². The molecule has 0 saturated heterocycles. The van der Waals surface area contributed by atoms with Crippen LogP contribution in [0.2, 0.25) is 0 Å². The van der Waals surface area contributed by atoms with Crippen LogP contribution in [0.25, 0.3) is 0 Å². The molecule has 0 aliphatic carbocycles. The molecule has 0 fully saturated rings. The quantitative estimate of drug-likeness (QED) is 0.128. The molecule has 0 bridgehead atoms. The fourth-order valence-electron chi connectivity index (χ4n) is 2.49. The second-order valence-corrected chi connectivity index (χ2v) is 9.90. The smallest absolute Gasteiger partial charge is 0.381 e. The Kier molecular flexibility index (Phi) is 11.4. The van der Waals surface area contributed by atoms with Crippen LogP contribution in [0, 0.1) is 0 Å². The van der Waals surface area contributed by atoms with Crippen LogP contribution in [-0.4, -0.2) is 90.8 Å². The van der Waals surface area contributed by atoms with Gasteiger partial charge in [0.05, 0.1) is 6.42 Å². The van der Waals surface area contributed by atoms with E-state index in [-0.39, 0.29) is 13.8 Å². The molecular weight excluding hydrogens is 664 g/mol. The summed E-state index contributed by atoms with van der Waals surface area (Å²) in [6.45, 7) is -6.21. The fraction of sp³-hybridized carbons (Fsp3) is 0.889. The summed E-state index contributed by atoms with van der Waals surface area (Å²) in [7, 11) is -6.18. The van der Waals surface area contributed by atoms with E-state index in [1.165, 1.54) is 0 Å². The molecule has 24 heteroatoms. The van der Waals surface area contributed by atoms with Crippen molar-refractivity contribution >= 4 is 22.1 Å². The molecule has 0 aromatic carbocycles. The summed E-state index contributed by atoms with van der Waals surface area (Å²) < 4.78 is 253. The minimum Gasteiger partial charge on any atom is -0.459 e. The number of rotatable bonds is 16. The zero-order valence-corrected chi connectivity index (χ0v) is 21.3. The Hall–Kier alpha value is -2.27. The van der Waals surface area contributed by atoms with Crippen LogP contribution >= 0.6 is 0 Å². The average Bonchev–Trinajstić information content (AvgIpc) is 2.83. The number of hydrogen-bond acceptors (Lipinski definition) is 6. The third-order valence-electron chi connectivity index (χ3n) is 5.30. The van der Waals surface area contributed by atoms with Crippen LogP contribution < -0.4 is 0 Å². The second kappa shape index (κ2) is 12.0. The Labute approximate surface area is 224 Å². The molecule has 0 aliphatic rings. The maximum atomic E-state index is 13.7. The molecule has 0 aliphatic heterocycles. The first-order chi connectivity index (χ1) is 18.2. The number of carbonyl (C=O) groups is 2. The minimum absolute atomic E-state index is 0.182. The number of carbonyl (C=O) groups excluding carboxylic acids is 2. The molecule has 0 rings (SSSR count). The normalized spacial score (nSPS) is 15.8. The van der Waals surface area contributed by atoms with E-state index in [4.69, 9.17) is 4.55 Å². The van der Waals surface area contributed by atoms with Gasteiger partial charge in [-0.3, -0.25) is 14.1 Å². The van der Waals surface area contributed by atoms with Gasteiger partial charge in [0.1, 0.15) is 0 Å². The van der Waals surface area contributed by atoms with E-state index in [9.17, 15) is 88.3 Å². The number of alkyl halides is 16. The SMILES string of the molecule is CCC(F)(F)C(F)(F)C(F)(F)C(F)(F)COC(=O)CC(C(=O)OCC(F)(F)C(F)(F)C(F)(F)C(F)(F)CC)S(=O)(=O)O. The topological polar surface area (TPSA) is 107 Å². The largest absolute Gasteiger partial charge is 0.459 e. The predicted octanol–water partition coefficient (Wildman–Crippen LogP) is 5.62. The minimum atomic E-state index is -7.03. The zero-order chi connectivity index (χ0) is 34.2. The van der Waals surface area contributed by atoms with Crippen molar-refractivity contribution in [3.63, 3.8) is 0 Å². The molecular formula is C18H18F16O7S. The van der Waals surface area contributed by atoms with Gasteiger partial charge in [-0.2, -0.15) is 78.7 Å². The molecule has 42 heavy (non-hydrogen) atoms. The lowest BCUT2D eigenvalue weighted by atomic mass is 9.97. The maximum absolute atomic E-state index is 13.7. The summed E-state index contributed by atoms with van der Waals surface area (Å²) in [4.78, 5) is 23.2. The van der Waals surface area contributed by atoms with Crippen molar-refractivity contribution in [2.75, 3.05) is 13.2 Å². The number of halogens is 16. The first kappa shape index (κ1) is 39.7. The Bertz CT molecular complexity index is 1090. The molecule has 1 unspecified atom stereocenters. The van der Waals surface area contributed by atoms with Crippen molar-refractivity contribution in [2.45, 2.75) is 85.7 Å². The molecule has 0 radical (unpaired) electrons. The molecule has 0 saturated carbocycles. The third-order valence-corrected chi connectivity index (χ3v) is 6.38. The van der Waals surface area contributed by atoms with E-state index in [1.807, 2.05) is 0 Å². The first-order valence-corrected chi connectivity index (χ1v) is 12.1. The highest BCUT2D eigenvalue weighted by atomic mass is 32.2. The molecule has 0 amide bonds. The van der Waals surface area contributed by atoms with Crippen LogP contribution in [0.5, 0.6) is 0 Å². The van der Waals surface area contributed by atoms with Crippen LogP contribution in [0.4, 0.5) is 70.2 Å². The Morgan fingerprint density at radius 2 is 0.881 bits per heavy atom. The first-order valence-electron chi connectivity index (χ1n) is 10.5. The summed E-state index contributed by atoms with van der Waals surface area (Å²) >= 11 is 0. The molecule has 7 nitrogen and oxygen atoms in total. The molecule has 0 spiro atoms. The number of esters is 2. The highest BCUT2D eigenvalue weighted by Gasteiger charge is 2.81. The van der Waals surface area contributed by atoms with Gasteiger partial charge in [0, 0.05) is 12.8 Å². The van der Waals surface area contributed by atoms with Crippen LogP contribution in [0.15, 0.2) is 0 Å². The van der Waals surface area contributed by atoms with Crippen molar-refractivity contribution in [3.8, 4) is 0 Å². The lowest BCUT2D eigenvalue weighted by Crippen LogP contribution is -2.63. The summed E-state index contributed by atoms with van der Waals surface area (Å²) in [5.74, 6) is -57.6. The Morgan fingerprint density at radius 3 is 1.17 bits per heavy atom. The molecule has 0 aromatic rings. The van der Waals surface area contributed by atoms with Crippen LogP contribution in [0.3, 0.4) is 0 Å². The van der Waals surface area contributed by atoms with Crippen LogP contribution in [0.1, 0.15) is 33.1 Å². The van der Waals surface area contributed by atoms with E-state index < -0.39 is 107 Å². The summed E-state index contributed by atoms with van der Waals surface area (Å²) in [5.41, 5.74) is 0. The molecule has 0 aromatic heterocycles. The summed E-state index contributed by atoms with van der Waals surface area (Å²) in [6.07, 6.45) is -6.66. The lowest BCUT2D eigenvalue weighted by Gasteiger charge is -2.36. The molecule has 1 atom stereocenters. The molecule has 0 heterocycles. The van der Waals surface area contributed by atoms with Crippen molar-refractivity contribution in [1.29, 1.82) is 0 Å². The van der Waals surface area contributed by atoms with Gasteiger partial charge in [0.2, 0.25) is 0 Å². The average molecular weight is 682 g/mol. The highest BCUT2D eigenvalue weighted by molar-refractivity contribution is 7.87. The van der Waals surface area contributed by atoms with Gasteiger partial charge in [-0.1, -0.05) is 13.8 Å². The predicted molar refractivity (Wildman–Crippen MR) is 102 cm³/mol. The highest BCUT2D eigenvalue weighted by Crippen LogP contribution is 2.54. The number of ether oxygens (including phenoxy) is 2. The third kappa shape index (κ3) is 7.26. The Morgan fingerprint density at radius 1 is 0.595 bits per heavy atom. The van der Waals surface area contributed by atoms with E-state index in [2.05, 4.69) is 9.47 Å².